The van der Waals surface area contributed by atoms with Gasteiger partial charge in [0.1, 0.15) is 5.70 Å². The van der Waals surface area contributed by atoms with Gasteiger partial charge in [-0.15, -0.1) is 0 Å². The van der Waals surface area contributed by atoms with Crippen LogP contribution < -0.4 is 11.5 Å². The van der Waals surface area contributed by atoms with Crippen LogP contribution in [-0.4, -0.2) is 6.18 Å². The molecule has 0 bridgehead atoms. The van der Waals surface area contributed by atoms with Crippen LogP contribution in [0.25, 0.3) is 0 Å². The van der Waals surface area contributed by atoms with Crippen molar-refractivity contribution in [3.05, 3.63) is 23.0 Å². The van der Waals surface area contributed by atoms with Crippen molar-refractivity contribution in [2.45, 2.75) is 6.18 Å². The molecule has 0 saturated heterocycles. The van der Waals surface area contributed by atoms with Crippen molar-refractivity contribution in [3.8, 4) is 0 Å². The van der Waals surface area contributed by atoms with E-state index in [0.717, 1.165) is 6.08 Å². The quantitative estimate of drug-likeness (QED) is 0.481. The molecule has 0 aliphatic heterocycles. The zero-order valence-corrected chi connectivity index (χ0v) is 6.08. The first-order chi connectivity index (χ1) is 4.84. The molecule has 0 spiro atoms. The lowest BCUT2D eigenvalue weighted by molar-refractivity contribution is -0.0926. The number of allylic oxidation sites excluding steroid dienone is 3. The third-order valence-electron chi connectivity index (χ3n) is 0.749. The lowest BCUT2D eigenvalue weighted by Crippen LogP contribution is -2.18. The molecule has 0 aromatic carbocycles. The van der Waals surface area contributed by atoms with Crippen LogP contribution >= 0.6 is 11.6 Å². The number of hydrogen-bond acceptors (Lipinski definition) is 2. The van der Waals surface area contributed by atoms with Crippen LogP contribution in [0.5, 0.6) is 0 Å². The van der Waals surface area contributed by atoms with Crippen molar-refractivity contribution in [3.63, 3.8) is 0 Å². The van der Waals surface area contributed by atoms with Crippen molar-refractivity contribution in [2.24, 2.45) is 11.5 Å². The zero-order valence-electron chi connectivity index (χ0n) is 5.32. The summed E-state index contributed by atoms with van der Waals surface area (Å²) in [6.45, 7) is 0. The van der Waals surface area contributed by atoms with E-state index in [9.17, 15) is 13.2 Å². The van der Waals surface area contributed by atoms with Crippen molar-refractivity contribution >= 4 is 11.6 Å². The van der Waals surface area contributed by atoms with Gasteiger partial charge in [-0.05, 0) is 12.2 Å². The van der Waals surface area contributed by atoms with Gasteiger partial charge in [-0.25, -0.2) is 0 Å². The largest absolute Gasteiger partial charge is 0.430 e. The molecule has 4 N–H and O–H groups in total. The first-order valence-electron chi connectivity index (χ1n) is 2.49. The van der Waals surface area contributed by atoms with Gasteiger partial charge in [0.15, 0.2) is 0 Å². The molecule has 2 nitrogen and oxygen atoms in total. The molecule has 0 atom stereocenters. The van der Waals surface area contributed by atoms with Gasteiger partial charge in [0.2, 0.25) is 0 Å². The van der Waals surface area contributed by atoms with Gasteiger partial charge in [-0.1, -0.05) is 11.6 Å². The molecule has 6 heteroatoms. The van der Waals surface area contributed by atoms with Crippen molar-refractivity contribution in [1.82, 2.24) is 0 Å². The number of alkyl halides is 3. The Labute approximate surface area is 66.3 Å². The minimum absolute atomic E-state index is 0.253. The number of halogens is 4. The Morgan fingerprint density at radius 1 is 1.18 bits per heavy atom. The van der Waals surface area contributed by atoms with Gasteiger partial charge < -0.3 is 11.5 Å². The Morgan fingerprint density at radius 3 is 1.91 bits per heavy atom. The minimum Gasteiger partial charge on any atom is -0.395 e. The van der Waals surface area contributed by atoms with E-state index in [1.807, 2.05) is 0 Å². The SMILES string of the molecule is N/C(=C\C=C(/N)Cl)C(F)(F)F. The Bertz CT molecular complexity index is 190. The van der Waals surface area contributed by atoms with Crippen LogP contribution in [-0.2, 0) is 0 Å². The average Bonchev–Trinajstić information content (AvgIpc) is 1.80. The molecule has 0 radical (unpaired) electrons. The standard InChI is InChI=1S/C5H6ClF3N2/c6-4(11)2-1-3(10)5(7,8)9/h1-2H,10-11H2/b3-1-,4-2-. The third-order valence-corrected chi connectivity index (χ3v) is 0.875. The lowest BCUT2D eigenvalue weighted by Gasteiger charge is -2.03. The predicted octanol–water partition coefficient (Wildman–Crippen LogP) is 1.43. The third kappa shape index (κ3) is 4.55. The van der Waals surface area contributed by atoms with E-state index < -0.39 is 11.9 Å². The van der Waals surface area contributed by atoms with E-state index >= 15 is 0 Å². The summed E-state index contributed by atoms with van der Waals surface area (Å²) in [5.74, 6) is 0. The maximum absolute atomic E-state index is 11.6. The van der Waals surface area contributed by atoms with E-state index in [1.54, 1.807) is 0 Å². The van der Waals surface area contributed by atoms with E-state index in [-0.39, 0.29) is 5.16 Å². The maximum atomic E-state index is 11.6. The number of rotatable bonds is 1. The molecule has 0 aliphatic rings. The lowest BCUT2D eigenvalue weighted by atomic mass is 10.4. The second-order valence-electron chi connectivity index (χ2n) is 1.67. The highest BCUT2D eigenvalue weighted by Crippen LogP contribution is 2.21. The summed E-state index contributed by atoms with van der Waals surface area (Å²) >= 11 is 5.04. The Hall–Kier alpha value is -0.840. The highest BCUT2D eigenvalue weighted by Gasteiger charge is 2.30. The fraction of sp³-hybridized carbons (Fsp3) is 0.200. The molecule has 0 heterocycles. The van der Waals surface area contributed by atoms with Gasteiger partial charge in [0, 0.05) is 0 Å². The summed E-state index contributed by atoms with van der Waals surface area (Å²) in [4.78, 5) is 0. The van der Waals surface area contributed by atoms with Crippen molar-refractivity contribution in [2.75, 3.05) is 0 Å². The highest BCUT2D eigenvalue weighted by molar-refractivity contribution is 6.29. The molecule has 64 valence electrons. The molecular weight excluding hydrogens is 181 g/mol. The molecular formula is C5H6ClF3N2. The second-order valence-corrected chi connectivity index (χ2v) is 2.11. The minimum atomic E-state index is -4.52. The summed E-state index contributed by atoms with van der Waals surface area (Å²) in [5.41, 5.74) is 8.18. The van der Waals surface area contributed by atoms with Crippen LogP contribution in [0.15, 0.2) is 23.0 Å². The van der Waals surface area contributed by atoms with Gasteiger partial charge in [0.25, 0.3) is 0 Å². The maximum Gasteiger partial charge on any atom is 0.430 e. The average molecular weight is 187 g/mol. The summed E-state index contributed by atoms with van der Waals surface area (Å²) in [6.07, 6.45) is -3.06. The zero-order chi connectivity index (χ0) is 9.07. The Kier molecular flexibility index (Phi) is 3.25. The Morgan fingerprint density at radius 2 is 1.64 bits per heavy atom. The van der Waals surface area contributed by atoms with Crippen LogP contribution in [0.3, 0.4) is 0 Å². The number of hydrogen-bond donors (Lipinski definition) is 2. The summed E-state index contributed by atoms with van der Waals surface area (Å²) in [6, 6.07) is 0. The monoisotopic (exact) mass is 186 g/mol. The van der Waals surface area contributed by atoms with E-state index in [1.165, 1.54) is 0 Å². The molecule has 0 aromatic heterocycles. The van der Waals surface area contributed by atoms with Gasteiger partial charge in [-0.3, -0.25) is 0 Å². The molecule has 0 rings (SSSR count). The summed E-state index contributed by atoms with van der Waals surface area (Å²) in [7, 11) is 0. The van der Waals surface area contributed by atoms with Crippen LogP contribution in [0.1, 0.15) is 0 Å². The van der Waals surface area contributed by atoms with Gasteiger partial charge >= 0.3 is 6.18 Å². The Balaban J connectivity index is 4.36. The first kappa shape index (κ1) is 10.2. The van der Waals surface area contributed by atoms with Crippen LogP contribution in [0, 0.1) is 0 Å². The topological polar surface area (TPSA) is 52.0 Å². The van der Waals surface area contributed by atoms with E-state index in [2.05, 4.69) is 5.73 Å². The summed E-state index contributed by atoms with van der Waals surface area (Å²) in [5, 5.41) is -0.253. The molecule has 0 unspecified atom stereocenters. The van der Waals surface area contributed by atoms with Crippen LogP contribution in [0.4, 0.5) is 13.2 Å². The van der Waals surface area contributed by atoms with Crippen molar-refractivity contribution < 1.29 is 13.2 Å². The normalized spacial score (nSPS) is 15.3. The number of nitrogens with two attached hydrogens (primary N) is 2. The molecule has 0 amide bonds. The summed E-state index contributed by atoms with van der Waals surface area (Å²) < 4.78 is 34.8. The first-order valence-corrected chi connectivity index (χ1v) is 2.87. The molecule has 0 fully saturated rings. The second kappa shape index (κ2) is 3.52. The molecule has 11 heavy (non-hydrogen) atoms. The smallest absolute Gasteiger partial charge is 0.395 e. The highest BCUT2D eigenvalue weighted by atomic mass is 35.5. The van der Waals surface area contributed by atoms with Gasteiger partial charge in [-0.2, -0.15) is 13.2 Å². The van der Waals surface area contributed by atoms with E-state index in [0.29, 0.717) is 6.08 Å². The fourth-order valence-corrected chi connectivity index (χ4v) is 0.327. The predicted molar refractivity (Wildman–Crippen MR) is 36.4 cm³/mol. The molecule has 0 aliphatic carbocycles. The fourth-order valence-electron chi connectivity index (χ4n) is 0.264. The van der Waals surface area contributed by atoms with Crippen molar-refractivity contribution in [1.29, 1.82) is 0 Å². The van der Waals surface area contributed by atoms with Gasteiger partial charge in [0.05, 0.1) is 5.16 Å². The molecule has 0 saturated carbocycles. The van der Waals surface area contributed by atoms with E-state index in [4.69, 9.17) is 17.3 Å². The molecule has 0 aromatic rings. The van der Waals surface area contributed by atoms with Crippen LogP contribution in [0.2, 0.25) is 0 Å².